The Hall–Kier alpha value is -0.660. The van der Waals surface area contributed by atoms with Crippen molar-refractivity contribution in [2.24, 2.45) is 54.3 Å². The molecule has 0 amide bonds. The number of hydrogen-bond acceptors (Lipinski definition) is 2. The predicted molar refractivity (Wildman–Crippen MR) is 125 cm³/mol. The SMILES string of the molecule is C(=NC1CCCCC1)[C@@H]1C[C@]12C[C@]21C[C@@]12C[C@]21C[C@]12C[C@]21C[C@@H]1C=NC1CCCCC1. The Bertz CT molecular complexity index is 851. The zero-order chi connectivity index (χ0) is 20.2. The average Bonchev–Trinajstić information content (AvgIpc) is 3.56. The average molecular weight is 417 g/mol. The normalized spacial score (nSPS) is 62.8. The molecular weight excluding hydrogens is 376 g/mol. The first-order valence-electron chi connectivity index (χ1n) is 14.2. The minimum absolute atomic E-state index is 0.682. The van der Waals surface area contributed by atoms with Gasteiger partial charge in [0, 0.05) is 36.3 Å². The lowest BCUT2D eigenvalue weighted by atomic mass is 9.96. The van der Waals surface area contributed by atoms with E-state index in [2.05, 4.69) is 12.4 Å². The molecule has 0 aromatic carbocycles. The summed E-state index contributed by atoms with van der Waals surface area (Å²) in [5, 5.41) is 0. The van der Waals surface area contributed by atoms with Crippen LogP contribution < -0.4 is 0 Å². The van der Waals surface area contributed by atoms with E-state index in [1.54, 1.807) is 32.1 Å². The Morgan fingerprint density at radius 2 is 0.903 bits per heavy atom. The number of aliphatic imine (C=N–C) groups is 2. The fraction of sp³-hybridized carbons (Fsp3) is 0.931. The van der Waals surface area contributed by atoms with Gasteiger partial charge in [-0.25, -0.2) is 0 Å². The predicted octanol–water partition coefficient (Wildman–Crippen LogP) is 6.77. The van der Waals surface area contributed by atoms with Gasteiger partial charge in [-0.15, -0.1) is 0 Å². The van der Waals surface area contributed by atoms with E-state index in [4.69, 9.17) is 9.98 Å². The van der Waals surface area contributed by atoms with Crippen LogP contribution in [0.2, 0.25) is 0 Å². The molecule has 0 unspecified atom stereocenters. The molecule has 9 saturated carbocycles. The third-order valence-electron chi connectivity index (χ3n) is 13.4. The van der Waals surface area contributed by atoms with Crippen molar-refractivity contribution in [1.82, 2.24) is 0 Å². The molecule has 0 heterocycles. The Balaban J connectivity index is 0.854. The fourth-order valence-electron chi connectivity index (χ4n) is 11.4. The highest BCUT2D eigenvalue weighted by Gasteiger charge is 3.11. The third kappa shape index (κ3) is 1.87. The zero-order valence-corrected chi connectivity index (χ0v) is 19.4. The Morgan fingerprint density at radius 1 is 0.484 bits per heavy atom. The molecule has 8 atom stereocenters. The highest BCUT2D eigenvalue weighted by atomic mass is 15.1. The lowest BCUT2D eigenvalue weighted by molar-refractivity contribution is 0.443. The maximum Gasteiger partial charge on any atom is 0.0495 e. The second-order valence-corrected chi connectivity index (χ2v) is 14.3. The summed E-state index contributed by atoms with van der Waals surface area (Å²) in [7, 11) is 0. The summed E-state index contributed by atoms with van der Waals surface area (Å²) in [5.41, 5.74) is 4.90. The van der Waals surface area contributed by atoms with E-state index in [-0.39, 0.29) is 0 Å². The van der Waals surface area contributed by atoms with Gasteiger partial charge in [0.05, 0.1) is 0 Å². The van der Waals surface area contributed by atoms with Crippen LogP contribution in [0.15, 0.2) is 9.98 Å². The van der Waals surface area contributed by atoms with Crippen molar-refractivity contribution in [3.8, 4) is 0 Å². The van der Waals surface area contributed by atoms with Crippen LogP contribution in [0.3, 0.4) is 0 Å². The molecular formula is C29H40N2. The number of nitrogens with zero attached hydrogens (tertiary/aromatic N) is 2. The summed E-state index contributed by atoms with van der Waals surface area (Å²) >= 11 is 0. The standard InChI is InChI=1S/C29H40N2/c1-3-7-22(8-4-1)30-13-20-11-24(20)15-26(24)17-28(26)19-29(28)18-27(29)16-25(27)12-21(25)14-31-23-9-5-2-6-10-23/h13-14,20-23H,1-12,15-19H2/t20-,21+,24-,25-,26-,27-,28+,29-/m0/s1. The van der Waals surface area contributed by atoms with E-state index in [1.165, 1.54) is 77.0 Å². The van der Waals surface area contributed by atoms with Gasteiger partial charge in [0.15, 0.2) is 0 Å². The van der Waals surface area contributed by atoms with Crippen LogP contribution in [0.5, 0.6) is 0 Å². The summed E-state index contributed by atoms with van der Waals surface area (Å²) in [6, 6.07) is 1.36. The topological polar surface area (TPSA) is 24.7 Å². The smallest absolute Gasteiger partial charge is 0.0495 e. The van der Waals surface area contributed by atoms with Crippen LogP contribution >= 0.6 is 0 Å². The molecule has 9 aliphatic carbocycles. The second kappa shape index (κ2) is 5.05. The first-order chi connectivity index (χ1) is 15.2. The largest absolute Gasteiger partial charge is 0.294 e. The first kappa shape index (κ1) is 17.8. The van der Waals surface area contributed by atoms with Gasteiger partial charge in [-0.3, -0.25) is 9.98 Å². The van der Waals surface area contributed by atoms with Crippen LogP contribution in [0.4, 0.5) is 0 Å². The molecule has 0 N–H and O–H groups in total. The molecule has 2 heteroatoms. The van der Waals surface area contributed by atoms with E-state index < -0.39 is 0 Å². The van der Waals surface area contributed by atoms with Crippen LogP contribution in [0.25, 0.3) is 0 Å². The van der Waals surface area contributed by atoms with E-state index in [0.717, 1.165) is 44.3 Å². The Labute approximate surface area is 188 Å². The lowest BCUT2D eigenvalue weighted by Gasteiger charge is -2.17. The van der Waals surface area contributed by atoms with Crippen LogP contribution in [0, 0.1) is 44.3 Å². The van der Waals surface area contributed by atoms with Crippen molar-refractivity contribution in [3.05, 3.63) is 0 Å². The van der Waals surface area contributed by atoms with Gasteiger partial charge in [0.25, 0.3) is 0 Å². The van der Waals surface area contributed by atoms with Gasteiger partial charge >= 0.3 is 0 Å². The van der Waals surface area contributed by atoms with Crippen molar-refractivity contribution >= 4 is 12.4 Å². The summed E-state index contributed by atoms with van der Waals surface area (Å²) in [5.74, 6) is 1.76. The molecule has 6 spiro atoms. The number of fused-ring (bicyclic) bond motifs is 5. The van der Waals surface area contributed by atoms with Crippen LogP contribution in [-0.4, -0.2) is 24.5 Å². The maximum atomic E-state index is 5.10. The molecule has 0 aromatic rings. The molecule has 9 rings (SSSR count). The molecule has 0 aromatic heterocycles. The second-order valence-electron chi connectivity index (χ2n) is 14.3. The van der Waals surface area contributed by atoms with Gasteiger partial charge in [-0.2, -0.15) is 0 Å². The van der Waals surface area contributed by atoms with Crippen molar-refractivity contribution in [1.29, 1.82) is 0 Å². The summed E-state index contributed by atoms with van der Waals surface area (Å²) in [6.45, 7) is 0. The minimum Gasteiger partial charge on any atom is -0.294 e. The monoisotopic (exact) mass is 416 g/mol. The third-order valence-corrected chi connectivity index (χ3v) is 13.4. The fourth-order valence-corrected chi connectivity index (χ4v) is 11.4. The van der Waals surface area contributed by atoms with Crippen LogP contribution in [-0.2, 0) is 0 Å². The molecule has 9 fully saturated rings. The lowest BCUT2D eigenvalue weighted by Crippen LogP contribution is -2.10. The van der Waals surface area contributed by atoms with Gasteiger partial charge in [0.2, 0.25) is 0 Å². The van der Waals surface area contributed by atoms with E-state index in [1.807, 2.05) is 0 Å². The van der Waals surface area contributed by atoms with E-state index in [0.29, 0.717) is 12.1 Å². The molecule has 0 saturated heterocycles. The molecule has 2 nitrogen and oxygen atoms in total. The molecule has 0 radical (unpaired) electrons. The Kier molecular flexibility index (Phi) is 2.89. The molecule has 9 aliphatic rings. The van der Waals surface area contributed by atoms with Gasteiger partial charge in [0.1, 0.15) is 0 Å². The maximum absolute atomic E-state index is 5.10. The first-order valence-corrected chi connectivity index (χ1v) is 14.2. The number of rotatable bonds is 4. The molecule has 0 aliphatic heterocycles. The highest BCUT2D eigenvalue weighted by molar-refractivity contribution is 5.74. The van der Waals surface area contributed by atoms with Crippen molar-refractivity contribution in [2.75, 3.05) is 0 Å². The molecule has 31 heavy (non-hydrogen) atoms. The minimum atomic E-state index is 0.682. The van der Waals surface area contributed by atoms with Crippen molar-refractivity contribution in [2.45, 2.75) is 121 Å². The van der Waals surface area contributed by atoms with Crippen molar-refractivity contribution in [3.63, 3.8) is 0 Å². The van der Waals surface area contributed by atoms with Crippen LogP contribution in [0.1, 0.15) is 109 Å². The van der Waals surface area contributed by atoms with E-state index >= 15 is 0 Å². The Morgan fingerprint density at radius 3 is 1.35 bits per heavy atom. The summed E-state index contributed by atoms with van der Waals surface area (Å²) in [4.78, 5) is 10.2. The van der Waals surface area contributed by atoms with Gasteiger partial charge in [-0.1, -0.05) is 38.5 Å². The summed E-state index contributed by atoms with van der Waals surface area (Å²) < 4.78 is 0. The van der Waals surface area contributed by atoms with Gasteiger partial charge < -0.3 is 0 Å². The highest BCUT2D eigenvalue weighted by Crippen LogP contribution is 3.17. The molecule has 0 bridgehead atoms. The number of hydrogen-bond donors (Lipinski definition) is 0. The van der Waals surface area contributed by atoms with Crippen molar-refractivity contribution < 1.29 is 0 Å². The zero-order valence-electron chi connectivity index (χ0n) is 19.4. The van der Waals surface area contributed by atoms with E-state index in [9.17, 15) is 0 Å². The van der Waals surface area contributed by atoms with Gasteiger partial charge in [-0.05, 0) is 103 Å². The summed E-state index contributed by atoms with van der Waals surface area (Å²) in [6.07, 6.45) is 30.1. The quantitative estimate of drug-likeness (QED) is 0.452. The molecule has 166 valence electrons.